The summed E-state index contributed by atoms with van der Waals surface area (Å²) in [4.78, 5) is 0. The van der Waals surface area contributed by atoms with Crippen molar-refractivity contribution in [3.8, 4) is 5.75 Å². The Morgan fingerprint density at radius 2 is 1.33 bits per heavy atom. The molecule has 0 aliphatic carbocycles. The van der Waals surface area contributed by atoms with E-state index in [1.54, 1.807) is 0 Å². The summed E-state index contributed by atoms with van der Waals surface area (Å²) in [5, 5.41) is 13.6. The molecule has 0 saturated carbocycles. The topological polar surface area (TPSA) is 29.5 Å². The molecule has 0 heterocycles. The first-order valence-corrected chi connectivity index (χ1v) is 5.96. The van der Waals surface area contributed by atoms with Crippen LogP contribution in [0.25, 0.3) is 21.5 Å². The smallest absolute Gasteiger partial charge is 0.504 e. The van der Waals surface area contributed by atoms with E-state index < -0.39 is 0 Å². The Labute approximate surface area is 106 Å². The minimum Gasteiger partial charge on any atom is -0.538 e. The van der Waals surface area contributed by atoms with Gasteiger partial charge in [-0.3, -0.25) is 0 Å². The van der Waals surface area contributed by atoms with E-state index in [2.05, 4.69) is 18.2 Å². The highest BCUT2D eigenvalue weighted by atomic mass is 16.5. The molecule has 0 spiro atoms. The quantitative estimate of drug-likeness (QED) is 0.547. The van der Waals surface area contributed by atoms with Crippen molar-refractivity contribution in [2.45, 2.75) is 6.92 Å². The monoisotopic (exact) mass is 236 g/mol. The van der Waals surface area contributed by atoms with Crippen LogP contribution in [0, 0.1) is 6.92 Å². The minimum atomic E-state index is -0.302. The van der Waals surface area contributed by atoms with E-state index in [1.165, 1.54) is 10.8 Å². The van der Waals surface area contributed by atoms with Gasteiger partial charge in [0.2, 0.25) is 0 Å². The zero-order valence-corrected chi connectivity index (χ0v) is 10.2. The van der Waals surface area contributed by atoms with E-state index in [1.807, 2.05) is 37.3 Å². The van der Waals surface area contributed by atoms with Gasteiger partial charge >= 0.3 is 7.69 Å². The SMILES string of the molecule is Cc1c(OBO)c2ccccc2c2ccccc12. The Morgan fingerprint density at radius 1 is 0.833 bits per heavy atom. The van der Waals surface area contributed by atoms with Crippen molar-refractivity contribution in [1.82, 2.24) is 0 Å². The van der Waals surface area contributed by atoms with E-state index in [0.29, 0.717) is 0 Å². The molecule has 88 valence electrons. The van der Waals surface area contributed by atoms with Gasteiger partial charge in [-0.1, -0.05) is 48.5 Å². The molecule has 0 atom stereocenters. The number of fused-ring (bicyclic) bond motifs is 3. The largest absolute Gasteiger partial charge is 0.538 e. The average Bonchev–Trinajstić information content (AvgIpc) is 2.43. The Balaban J connectivity index is 2.53. The molecule has 0 aromatic heterocycles. The summed E-state index contributed by atoms with van der Waals surface area (Å²) in [6.07, 6.45) is 0. The molecule has 18 heavy (non-hydrogen) atoms. The number of aryl methyl sites for hydroxylation is 1. The fourth-order valence-corrected chi connectivity index (χ4v) is 2.54. The van der Waals surface area contributed by atoms with Crippen molar-refractivity contribution in [2.75, 3.05) is 0 Å². The predicted octanol–water partition coefficient (Wildman–Crippen LogP) is 2.94. The van der Waals surface area contributed by atoms with Crippen LogP contribution < -0.4 is 4.65 Å². The van der Waals surface area contributed by atoms with E-state index in [-0.39, 0.29) is 7.69 Å². The molecule has 0 radical (unpaired) electrons. The lowest BCUT2D eigenvalue weighted by atomic mass is 9.96. The predicted molar refractivity (Wildman–Crippen MR) is 76.2 cm³/mol. The molecule has 0 aliphatic heterocycles. The van der Waals surface area contributed by atoms with Crippen LogP contribution in [-0.2, 0) is 0 Å². The number of hydrogen-bond donors (Lipinski definition) is 1. The van der Waals surface area contributed by atoms with Gasteiger partial charge in [-0.05, 0) is 28.6 Å². The number of hydrogen-bond acceptors (Lipinski definition) is 2. The van der Waals surface area contributed by atoms with Crippen LogP contribution in [0.15, 0.2) is 48.5 Å². The van der Waals surface area contributed by atoms with Gasteiger partial charge in [-0.15, -0.1) is 0 Å². The molecule has 3 heteroatoms. The Hall–Kier alpha value is -2.00. The van der Waals surface area contributed by atoms with Gasteiger partial charge in [0.15, 0.2) is 0 Å². The maximum atomic E-state index is 9.05. The summed E-state index contributed by atoms with van der Waals surface area (Å²) >= 11 is 0. The first-order chi connectivity index (χ1) is 8.83. The standard InChI is InChI=1S/C15H13BO2/c1-10-11-6-2-3-7-12(11)13-8-4-5-9-14(13)15(10)18-16-17/h2-9,16-17H,1H3. The normalized spacial score (nSPS) is 10.8. The lowest BCUT2D eigenvalue weighted by Gasteiger charge is -2.14. The summed E-state index contributed by atoms with van der Waals surface area (Å²) in [6, 6.07) is 16.4. The Kier molecular flexibility index (Phi) is 2.69. The van der Waals surface area contributed by atoms with Crippen LogP contribution in [-0.4, -0.2) is 12.7 Å². The van der Waals surface area contributed by atoms with Gasteiger partial charge in [-0.25, -0.2) is 0 Å². The van der Waals surface area contributed by atoms with Gasteiger partial charge in [0.05, 0.1) is 0 Å². The van der Waals surface area contributed by atoms with Gasteiger partial charge in [0.25, 0.3) is 0 Å². The fraction of sp³-hybridized carbons (Fsp3) is 0.0667. The third-order valence-corrected chi connectivity index (χ3v) is 3.34. The molecule has 0 amide bonds. The van der Waals surface area contributed by atoms with Crippen LogP contribution in [0.2, 0.25) is 0 Å². The third kappa shape index (κ3) is 1.56. The summed E-state index contributed by atoms with van der Waals surface area (Å²) in [7, 11) is -0.302. The van der Waals surface area contributed by atoms with Gasteiger partial charge < -0.3 is 9.68 Å². The van der Waals surface area contributed by atoms with Gasteiger partial charge in [-0.2, -0.15) is 0 Å². The van der Waals surface area contributed by atoms with Crippen LogP contribution in [0.1, 0.15) is 5.56 Å². The highest BCUT2D eigenvalue weighted by Gasteiger charge is 2.11. The molecule has 0 fully saturated rings. The molecule has 0 aliphatic rings. The summed E-state index contributed by atoms with van der Waals surface area (Å²) in [6.45, 7) is 2.03. The van der Waals surface area contributed by atoms with E-state index >= 15 is 0 Å². The van der Waals surface area contributed by atoms with Crippen LogP contribution in [0.4, 0.5) is 0 Å². The second kappa shape index (κ2) is 4.35. The van der Waals surface area contributed by atoms with Crippen molar-refractivity contribution in [3.63, 3.8) is 0 Å². The molecular weight excluding hydrogens is 223 g/mol. The van der Waals surface area contributed by atoms with Crippen molar-refractivity contribution < 1.29 is 9.68 Å². The molecular formula is C15H13BO2. The maximum absolute atomic E-state index is 9.05. The minimum absolute atomic E-state index is 0.302. The van der Waals surface area contributed by atoms with E-state index in [0.717, 1.165) is 22.1 Å². The third-order valence-electron chi connectivity index (χ3n) is 3.34. The van der Waals surface area contributed by atoms with E-state index in [9.17, 15) is 0 Å². The molecule has 3 aromatic carbocycles. The zero-order valence-electron chi connectivity index (χ0n) is 10.2. The molecule has 0 saturated heterocycles. The lowest BCUT2D eigenvalue weighted by molar-refractivity contribution is 0.455. The Bertz CT molecular complexity index is 722. The van der Waals surface area contributed by atoms with Crippen LogP contribution in [0.5, 0.6) is 5.75 Å². The Morgan fingerprint density at radius 3 is 1.94 bits per heavy atom. The fourth-order valence-electron chi connectivity index (χ4n) is 2.54. The number of benzene rings is 3. The van der Waals surface area contributed by atoms with Crippen molar-refractivity contribution in [3.05, 3.63) is 54.1 Å². The molecule has 3 rings (SSSR count). The lowest BCUT2D eigenvalue weighted by Crippen LogP contribution is -2.02. The second-order valence-electron chi connectivity index (χ2n) is 4.32. The van der Waals surface area contributed by atoms with Crippen LogP contribution in [0.3, 0.4) is 0 Å². The van der Waals surface area contributed by atoms with Crippen molar-refractivity contribution in [2.24, 2.45) is 0 Å². The number of rotatable bonds is 2. The summed E-state index contributed by atoms with van der Waals surface area (Å²) < 4.78 is 5.41. The zero-order chi connectivity index (χ0) is 12.5. The van der Waals surface area contributed by atoms with Crippen LogP contribution >= 0.6 is 0 Å². The molecule has 1 N–H and O–H groups in total. The van der Waals surface area contributed by atoms with Gasteiger partial charge in [0, 0.05) is 5.39 Å². The molecule has 0 bridgehead atoms. The maximum Gasteiger partial charge on any atom is 0.504 e. The van der Waals surface area contributed by atoms with Crippen molar-refractivity contribution in [1.29, 1.82) is 0 Å². The van der Waals surface area contributed by atoms with Gasteiger partial charge in [0.1, 0.15) is 5.75 Å². The van der Waals surface area contributed by atoms with Crippen molar-refractivity contribution >= 4 is 29.2 Å². The second-order valence-corrected chi connectivity index (χ2v) is 4.32. The average molecular weight is 236 g/mol. The molecule has 3 aromatic rings. The molecule has 2 nitrogen and oxygen atoms in total. The summed E-state index contributed by atoms with van der Waals surface area (Å²) in [5.74, 6) is 0.770. The first kappa shape index (κ1) is 11.1. The highest BCUT2D eigenvalue weighted by molar-refractivity contribution is 6.20. The van der Waals surface area contributed by atoms with E-state index in [4.69, 9.17) is 9.68 Å². The molecule has 0 unspecified atom stereocenters. The highest BCUT2D eigenvalue weighted by Crippen LogP contribution is 2.37. The first-order valence-electron chi connectivity index (χ1n) is 5.96. The summed E-state index contributed by atoms with van der Waals surface area (Å²) in [5.41, 5.74) is 1.07.